The fourth-order valence-electron chi connectivity index (χ4n) is 3.34. The number of carbonyl (C=O) groups excluding carboxylic acids is 2. The summed E-state index contributed by atoms with van der Waals surface area (Å²) in [7, 11) is 1.34. The number of hydrogen-bond acceptors (Lipinski definition) is 5. The van der Waals surface area contributed by atoms with Crippen LogP contribution in [-0.2, 0) is 22.6 Å². The fourth-order valence-corrected chi connectivity index (χ4v) is 3.34. The molecule has 1 aliphatic heterocycles. The maximum Gasteiger partial charge on any atom is 0.358 e. The van der Waals surface area contributed by atoms with Gasteiger partial charge in [0.1, 0.15) is 11.9 Å². The first-order valence-corrected chi connectivity index (χ1v) is 8.89. The zero-order valence-electron chi connectivity index (χ0n) is 15.7. The van der Waals surface area contributed by atoms with Crippen LogP contribution in [0.4, 0.5) is 0 Å². The number of aryl methyl sites for hydroxylation is 1. The second-order valence-electron chi connectivity index (χ2n) is 6.87. The zero-order valence-corrected chi connectivity index (χ0v) is 15.7. The molecule has 2 aromatic heterocycles. The summed E-state index contributed by atoms with van der Waals surface area (Å²) in [4.78, 5) is 31.0. The molecule has 8 nitrogen and oxygen atoms in total. The van der Waals surface area contributed by atoms with E-state index in [-0.39, 0.29) is 23.6 Å². The van der Waals surface area contributed by atoms with Crippen LogP contribution < -0.4 is 0 Å². The van der Waals surface area contributed by atoms with Crippen molar-refractivity contribution in [2.24, 2.45) is 0 Å². The third kappa shape index (κ3) is 3.36. The molecule has 0 fully saturated rings. The Balaban J connectivity index is 1.80. The Kier molecular flexibility index (Phi) is 5.11. The minimum Gasteiger partial charge on any atom is -0.464 e. The van der Waals surface area contributed by atoms with Crippen molar-refractivity contribution in [3.63, 3.8) is 0 Å². The number of imidazole rings is 1. The van der Waals surface area contributed by atoms with Gasteiger partial charge in [-0.2, -0.15) is 5.10 Å². The minimum absolute atomic E-state index is 0.0409. The van der Waals surface area contributed by atoms with Gasteiger partial charge >= 0.3 is 5.97 Å². The Hall–Kier alpha value is -2.64. The molecule has 0 aromatic carbocycles. The van der Waals surface area contributed by atoms with E-state index in [0.717, 1.165) is 17.9 Å². The van der Waals surface area contributed by atoms with Crippen molar-refractivity contribution in [3.05, 3.63) is 35.7 Å². The van der Waals surface area contributed by atoms with Gasteiger partial charge in [0.15, 0.2) is 5.69 Å². The van der Waals surface area contributed by atoms with Crippen molar-refractivity contribution in [3.8, 4) is 0 Å². The van der Waals surface area contributed by atoms with E-state index in [1.807, 2.05) is 22.6 Å². The predicted octanol–water partition coefficient (Wildman–Crippen LogP) is 1.98. The third-order valence-corrected chi connectivity index (χ3v) is 4.71. The van der Waals surface area contributed by atoms with Crippen LogP contribution in [0.2, 0.25) is 0 Å². The van der Waals surface area contributed by atoms with Crippen LogP contribution in [0, 0.1) is 0 Å². The average Bonchev–Trinajstić information content (AvgIpc) is 3.22. The number of esters is 1. The van der Waals surface area contributed by atoms with Gasteiger partial charge in [-0.15, -0.1) is 0 Å². The lowest BCUT2D eigenvalue weighted by Crippen LogP contribution is -2.36. The fraction of sp³-hybridized carbons (Fsp3) is 0.556. The van der Waals surface area contributed by atoms with Gasteiger partial charge in [0.2, 0.25) is 5.91 Å². The lowest BCUT2D eigenvalue weighted by Gasteiger charge is -2.26. The van der Waals surface area contributed by atoms with E-state index in [1.54, 1.807) is 16.9 Å². The number of ether oxygens (including phenoxy) is 1. The van der Waals surface area contributed by atoms with Gasteiger partial charge in [-0.25, -0.2) is 9.78 Å². The van der Waals surface area contributed by atoms with Crippen molar-refractivity contribution in [1.82, 2.24) is 24.2 Å². The van der Waals surface area contributed by atoms with Gasteiger partial charge in [-0.05, 0) is 19.4 Å². The number of hydrogen-bond donors (Lipinski definition) is 0. The van der Waals surface area contributed by atoms with Crippen molar-refractivity contribution >= 4 is 11.9 Å². The summed E-state index contributed by atoms with van der Waals surface area (Å²) < 4.78 is 8.47. The van der Waals surface area contributed by atoms with Crippen molar-refractivity contribution in [1.29, 1.82) is 0 Å². The summed E-state index contributed by atoms with van der Waals surface area (Å²) >= 11 is 0. The van der Waals surface area contributed by atoms with E-state index < -0.39 is 5.97 Å². The summed E-state index contributed by atoms with van der Waals surface area (Å²) in [5.41, 5.74) is 1.12. The largest absolute Gasteiger partial charge is 0.464 e. The Morgan fingerprint density at radius 1 is 1.23 bits per heavy atom. The standard InChI is InChI=1S/C18H25N5O3/c1-12(2)16-19-6-9-22(16)13(3)17(24)21-7-5-8-23-14(11-21)10-15(20-23)18(25)26-4/h6,9-10,12-13H,5,7-8,11H2,1-4H3/t13-/m0/s1. The molecule has 0 unspecified atom stereocenters. The van der Waals surface area contributed by atoms with E-state index in [4.69, 9.17) is 4.74 Å². The Labute approximate surface area is 152 Å². The van der Waals surface area contributed by atoms with E-state index in [0.29, 0.717) is 19.6 Å². The van der Waals surface area contributed by atoms with E-state index in [1.165, 1.54) is 7.11 Å². The molecule has 0 aliphatic carbocycles. The number of methoxy groups -OCH3 is 1. The molecule has 1 amide bonds. The highest BCUT2D eigenvalue weighted by Gasteiger charge is 2.27. The minimum atomic E-state index is -0.461. The second-order valence-corrected chi connectivity index (χ2v) is 6.87. The Morgan fingerprint density at radius 3 is 2.69 bits per heavy atom. The van der Waals surface area contributed by atoms with Crippen LogP contribution in [0.5, 0.6) is 0 Å². The number of nitrogens with zero attached hydrogens (tertiary/aromatic N) is 5. The first-order valence-electron chi connectivity index (χ1n) is 8.89. The highest BCUT2D eigenvalue weighted by Crippen LogP contribution is 2.21. The van der Waals surface area contributed by atoms with Crippen molar-refractivity contribution in [2.45, 2.75) is 52.2 Å². The van der Waals surface area contributed by atoms with Crippen LogP contribution in [0.1, 0.15) is 61.2 Å². The summed E-state index contributed by atoms with van der Waals surface area (Å²) in [6, 6.07) is 1.38. The molecule has 0 saturated carbocycles. The molecule has 2 aromatic rings. The normalized spacial score (nSPS) is 15.5. The zero-order chi connectivity index (χ0) is 18.8. The van der Waals surface area contributed by atoms with E-state index in [9.17, 15) is 9.59 Å². The van der Waals surface area contributed by atoms with Crippen LogP contribution >= 0.6 is 0 Å². The summed E-state index contributed by atoms with van der Waals surface area (Å²) in [5, 5.41) is 4.30. The van der Waals surface area contributed by atoms with Crippen LogP contribution in [0.3, 0.4) is 0 Å². The molecule has 140 valence electrons. The first kappa shape index (κ1) is 18.2. The molecular formula is C18H25N5O3. The highest BCUT2D eigenvalue weighted by atomic mass is 16.5. The highest BCUT2D eigenvalue weighted by molar-refractivity contribution is 5.87. The number of fused-ring (bicyclic) bond motifs is 1. The molecule has 0 bridgehead atoms. The van der Waals surface area contributed by atoms with E-state index in [2.05, 4.69) is 23.9 Å². The number of carbonyl (C=O) groups is 2. The molecule has 3 rings (SSSR count). The van der Waals surface area contributed by atoms with Gasteiger partial charge in [-0.3, -0.25) is 9.48 Å². The van der Waals surface area contributed by atoms with Gasteiger partial charge in [0.05, 0.1) is 19.3 Å². The molecule has 3 heterocycles. The molecule has 0 radical (unpaired) electrons. The van der Waals surface area contributed by atoms with Gasteiger partial charge in [-0.1, -0.05) is 13.8 Å². The topological polar surface area (TPSA) is 82.3 Å². The lowest BCUT2D eigenvalue weighted by atomic mass is 10.2. The lowest BCUT2D eigenvalue weighted by molar-refractivity contribution is -0.135. The smallest absolute Gasteiger partial charge is 0.358 e. The van der Waals surface area contributed by atoms with Crippen LogP contribution in [0.15, 0.2) is 18.5 Å². The number of aromatic nitrogens is 4. The van der Waals surface area contributed by atoms with Crippen molar-refractivity contribution in [2.75, 3.05) is 13.7 Å². The first-order chi connectivity index (χ1) is 12.4. The van der Waals surface area contributed by atoms with Crippen LogP contribution in [-0.4, -0.2) is 49.8 Å². The SMILES string of the molecule is COC(=O)c1cc2n(n1)CCCN(C(=O)[C@H](C)n1ccnc1C(C)C)C2. The molecular weight excluding hydrogens is 334 g/mol. The van der Waals surface area contributed by atoms with Gasteiger partial charge in [0.25, 0.3) is 0 Å². The molecule has 1 aliphatic rings. The molecule has 8 heteroatoms. The molecule has 26 heavy (non-hydrogen) atoms. The summed E-state index contributed by atoms with van der Waals surface area (Å²) in [6.07, 6.45) is 4.38. The molecule has 0 N–H and O–H groups in total. The van der Waals surface area contributed by atoms with Crippen LogP contribution in [0.25, 0.3) is 0 Å². The average molecular weight is 359 g/mol. The summed E-state index contributed by atoms with van der Waals surface area (Å²) in [5.74, 6) is 0.725. The second kappa shape index (κ2) is 7.31. The molecule has 1 atom stereocenters. The Bertz CT molecular complexity index is 808. The van der Waals surface area contributed by atoms with E-state index >= 15 is 0 Å². The quantitative estimate of drug-likeness (QED) is 0.780. The van der Waals surface area contributed by atoms with Gasteiger partial charge in [0, 0.05) is 31.4 Å². The monoisotopic (exact) mass is 359 g/mol. The number of amides is 1. The maximum atomic E-state index is 13.1. The van der Waals surface area contributed by atoms with Gasteiger partial charge < -0.3 is 14.2 Å². The third-order valence-electron chi connectivity index (χ3n) is 4.71. The number of rotatable bonds is 4. The molecule has 0 saturated heterocycles. The Morgan fingerprint density at radius 2 is 2.00 bits per heavy atom. The predicted molar refractivity (Wildman–Crippen MR) is 94.6 cm³/mol. The summed E-state index contributed by atoms with van der Waals surface area (Å²) in [6.45, 7) is 7.79. The van der Waals surface area contributed by atoms with Crippen molar-refractivity contribution < 1.29 is 14.3 Å². The maximum absolute atomic E-state index is 13.1. The molecule has 0 spiro atoms.